The van der Waals surface area contributed by atoms with Crippen molar-refractivity contribution in [1.29, 1.82) is 0 Å². The molecule has 0 spiro atoms. The zero-order valence-electron chi connectivity index (χ0n) is 10.8. The van der Waals surface area contributed by atoms with Crippen LogP contribution in [0.1, 0.15) is 0 Å². The summed E-state index contributed by atoms with van der Waals surface area (Å²) in [5, 5.41) is 21.1. The Morgan fingerprint density at radius 1 is 1.15 bits per heavy atom. The summed E-state index contributed by atoms with van der Waals surface area (Å²) >= 11 is 0. The van der Waals surface area contributed by atoms with E-state index in [0.29, 0.717) is 11.2 Å². The molecule has 3 N–H and O–H groups in total. The van der Waals surface area contributed by atoms with Crippen molar-refractivity contribution < 1.29 is 14.8 Å². The minimum atomic E-state index is -1.58. The first-order valence-corrected chi connectivity index (χ1v) is 6.10. The fourth-order valence-corrected chi connectivity index (χ4v) is 1.88. The third-order valence-electron chi connectivity index (χ3n) is 2.87. The van der Waals surface area contributed by atoms with Gasteiger partial charge < -0.3 is 15.4 Å². The van der Waals surface area contributed by atoms with Crippen LogP contribution in [0.25, 0.3) is 11.1 Å². The summed E-state index contributed by atoms with van der Waals surface area (Å²) in [6.45, 7) is 3.41. The van der Waals surface area contributed by atoms with Crippen LogP contribution in [-0.4, -0.2) is 23.1 Å². The third-order valence-corrected chi connectivity index (χ3v) is 2.87. The summed E-state index contributed by atoms with van der Waals surface area (Å²) in [4.78, 5) is 11.5. The minimum Gasteiger partial charge on any atom is -0.423 e. The summed E-state index contributed by atoms with van der Waals surface area (Å²) < 4.78 is 0. The minimum absolute atomic E-state index is 0.309. The fourth-order valence-electron chi connectivity index (χ4n) is 1.88. The molecule has 0 radical (unpaired) electrons. The fraction of sp³-hybridized carbons (Fsp3) is 0. The molecule has 2 aromatic carbocycles. The highest BCUT2D eigenvalue weighted by Crippen LogP contribution is 2.27. The van der Waals surface area contributed by atoms with Gasteiger partial charge in [-0.3, -0.25) is 4.79 Å². The molecule has 0 aliphatic rings. The van der Waals surface area contributed by atoms with Gasteiger partial charge in [0.2, 0.25) is 5.91 Å². The van der Waals surface area contributed by atoms with Crippen LogP contribution in [0.4, 0.5) is 5.69 Å². The summed E-state index contributed by atoms with van der Waals surface area (Å²) in [5.74, 6) is -0.355. The number of carbonyl (C=O) groups excluding carboxylic acids is 1. The van der Waals surface area contributed by atoms with E-state index in [1.165, 1.54) is 6.07 Å². The molecule has 4 nitrogen and oxygen atoms in total. The smallest absolute Gasteiger partial charge is 0.423 e. The molecule has 0 saturated heterocycles. The average molecular weight is 267 g/mol. The maximum atomic E-state index is 11.5. The Morgan fingerprint density at radius 2 is 1.85 bits per heavy atom. The summed E-state index contributed by atoms with van der Waals surface area (Å²) in [6, 6.07) is 14.4. The van der Waals surface area contributed by atoms with Gasteiger partial charge in [-0.05, 0) is 23.2 Å². The molecule has 100 valence electrons. The lowest BCUT2D eigenvalue weighted by Gasteiger charge is -2.12. The summed E-state index contributed by atoms with van der Waals surface area (Å²) in [5.41, 5.74) is 2.53. The first-order valence-electron chi connectivity index (χ1n) is 6.10. The van der Waals surface area contributed by atoms with Crippen molar-refractivity contribution in [2.45, 2.75) is 0 Å². The van der Waals surface area contributed by atoms with Crippen molar-refractivity contribution in [3.05, 3.63) is 61.2 Å². The number of nitrogens with one attached hydrogen (secondary N) is 1. The number of carbonyl (C=O) groups is 1. The molecule has 0 aliphatic heterocycles. The second kappa shape index (κ2) is 6.19. The van der Waals surface area contributed by atoms with Crippen LogP contribution < -0.4 is 10.8 Å². The van der Waals surface area contributed by atoms with E-state index in [1.54, 1.807) is 12.1 Å². The van der Waals surface area contributed by atoms with Gasteiger partial charge in [-0.2, -0.15) is 0 Å². The number of rotatable bonds is 4. The molecule has 0 aliphatic carbocycles. The van der Waals surface area contributed by atoms with Gasteiger partial charge in [0, 0.05) is 11.3 Å². The molecule has 0 aromatic heterocycles. The van der Waals surface area contributed by atoms with E-state index in [9.17, 15) is 14.8 Å². The highest BCUT2D eigenvalue weighted by molar-refractivity contribution is 6.58. The van der Waals surface area contributed by atoms with Crippen LogP contribution in [0.15, 0.2) is 61.2 Å². The molecule has 0 fully saturated rings. The average Bonchev–Trinajstić information content (AvgIpc) is 2.47. The Bertz CT molecular complexity index is 626. The second-order valence-corrected chi connectivity index (χ2v) is 4.24. The molecule has 1 amide bonds. The zero-order valence-corrected chi connectivity index (χ0v) is 10.8. The molecule has 0 atom stereocenters. The van der Waals surface area contributed by atoms with Crippen LogP contribution in [0, 0.1) is 0 Å². The maximum Gasteiger partial charge on any atom is 0.488 e. The lowest BCUT2D eigenvalue weighted by molar-refractivity contribution is -0.111. The van der Waals surface area contributed by atoms with E-state index in [0.717, 1.165) is 17.2 Å². The molecular weight excluding hydrogens is 253 g/mol. The first kappa shape index (κ1) is 14.1. The van der Waals surface area contributed by atoms with E-state index in [-0.39, 0.29) is 5.91 Å². The lowest BCUT2D eigenvalue weighted by atomic mass is 9.79. The number of amides is 1. The molecule has 2 aromatic rings. The standard InChI is InChI=1S/C15H14BNO3/c1-2-15(18)17-14-10-12(16(19)20)8-9-13(14)11-6-4-3-5-7-11/h2-10,19-20H,1H2,(H,17,18). The Labute approximate surface area is 117 Å². The number of anilines is 1. The van der Waals surface area contributed by atoms with Gasteiger partial charge in [-0.25, -0.2) is 0 Å². The van der Waals surface area contributed by atoms with Crippen LogP contribution in [0.2, 0.25) is 0 Å². The molecular formula is C15H14BNO3. The van der Waals surface area contributed by atoms with E-state index in [4.69, 9.17) is 0 Å². The normalized spacial score (nSPS) is 9.90. The lowest BCUT2D eigenvalue weighted by Crippen LogP contribution is -2.30. The van der Waals surface area contributed by atoms with Gasteiger partial charge in [0.25, 0.3) is 0 Å². The third kappa shape index (κ3) is 3.14. The van der Waals surface area contributed by atoms with Crippen molar-refractivity contribution >= 4 is 24.2 Å². The van der Waals surface area contributed by atoms with Crippen molar-refractivity contribution in [1.82, 2.24) is 0 Å². The SMILES string of the molecule is C=CC(=O)Nc1cc(B(O)O)ccc1-c1ccccc1. The Balaban J connectivity index is 2.50. The van der Waals surface area contributed by atoms with Crippen LogP contribution in [-0.2, 0) is 4.79 Å². The van der Waals surface area contributed by atoms with E-state index in [1.807, 2.05) is 30.3 Å². The Morgan fingerprint density at radius 3 is 2.45 bits per heavy atom. The van der Waals surface area contributed by atoms with E-state index >= 15 is 0 Å². The predicted molar refractivity (Wildman–Crippen MR) is 80.5 cm³/mol. The number of hydrogen-bond acceptors (Lipinski definition) is 3. The van der Waals surface area contributed by atoms with Crippen molar-refractivity contribution in [2.75, 3.05) is 5.32 Å². The highest BCUT2D eigenvalue weighted by atomic mass is 16.4. The molecule has 5 heteroatoms. The molecule has 0 heterocycles. The second-order valence-electron chi connectivity index (χ2n) is 4.24. The predicted octanol–water partition coefficient (Wildman–Crippen LogP) is 1.16. The topological polar surface area (TPSA) is 69.6 Å². The molecule has 0 saturated carbocycles. The van der Waals surface area contributed by atoms with Gasteiger partial charge >= 0.3 is 7.12 Å². The maximum absolute atomic E-state index is 11.5. The molecule has 20 heavy (non-hydrogen) atoms. The van der Waals surface area contributed by atoms with Gasteiger partial charge in [-0.1, -0.05) is 49.0 Å². The molecule has 0 bridgehead atoms. The number of hydrogen-bond donors (Lipinski definition) is 3. The Kier molecular flexibility index (Phi) is 4.35. The van der Waals surface area contributed by atoms with E-state index in [2.05, 4.69) is 11.9 Å². The molecule has 0 unspecified atom stereocenters. The van der Waals surface area contributed by atoms with Crippen molar-refractivity contribution in [3.63, 3.8) is 0 Å². The van der Waals surface area contributed by atoms with Gasteiger partial charge in [-0.15, -0.1) is 0 Å². The van der Waals surface area contributed by atoms with Gasteiger partial charge in [0.05, 0.1) is 0 Å². The molecule has 2 rings (SSSR count). The van der Waals surface area contributed by atoms with Crippen LogP contribution in [0.3, 0.4) is 0 Å². The quantitative estimate of drug-likeness (QED) is 0.575. The van der Waals surface area contributed by atoms with Crippen molar-refractivity contribution in [3.8, 4) is 11.1 Å². The van der Waals surface area contributed by atoms with Gasteiger partial charge in [0.15, 0.2) is 0 Å². The largest absolute Gasteiger partial charge is 0.488 e. The van der Waals surface area contributed by atoms with Crippen LogP contribution >= 0.6 is 0 Å². The Hall–Kier alpha value is -2.37. The highest BCUT2D eigenvalue weighted by Gasteiger charge is 2.15. The number of benzene rings is 2. The van der Waals surface area contributed by atoms with Crippen LogP contribution in [0.5, 0.6) is 0 Å². The van der Waals surface area contributed by atoms with Gasteiger partial charge in [0.1, 0.15) is 0 Å². The van der Waals surface area contributed by atoms with Crippen molar-refractivity contribution in [2.24, 2.45) is 0 Å². The zero-order chi connectivity index (χ0) is 14.5. The monoisotopic (exact) mass is 267 g/mol. The summed E-state index contributed by atoms with van der Waals surface area (Å²) in [6.07, 6.45) is 1.16. The summed E-state index contributed by atoms with van der Waals surface area (Å²) in [7, 11) is -1.58. The first-order chi connectivity index (χ1) is 9.61. The van der Waals surface area contributed by atoms with E-state index < -0.39 is 7.12 Å².